The van der Waals surface area contributed by atoms with Crippen LogP contribution in [0.15, 0.2) is 48.5 Å². The van der Waals surface area contributed by atoms with E-state index in [1.807, 2.05) is 40.1 Å². The Morgan fingerprint density at radius 2 is 1.74 bits per heavy atom. The number of nitrogens with one attached hydrogen (secondary N) is 1. The summed E-state index contributed by atoms with van der Waals surface area (Å²) in [6.07, 6.45) is 3.64. The molecule has 8 heteroatoms. The molecule has 0 radical (unpaired) electrons. The first-order valence-electron chi connectivity index (χ1n) is 11.7. The highest BCUT2D eigenvalue weighted by molar-refractivity contribution is 5.97. The fourth-order valence-electron chi connectivity index (χ4n) is 4.58. The molecule has 2 heterocycles. The number of fused-ring (bicyclic) bond motifs is 1. The van der Waals surface area contributed by atoms with Crippen molar-refractivity contribution in [3.8, 4) is 5.75 Å². The number of amides is 3. The predicted molar refractivity (Wildman–Crippen MR) is 130 cm³/mol. The summed E-state index contributed by atoms with van der Waals surface area (Å²) < 4.78 is 5.67. The number of carbonyl (C=O) groups is 3. The van der Waals surface area contributed by atoms with Crippen molar-refractivity contribution < 1.29 is 24.6 Å². The molecule has 0 saturated carbocycles. The number of carbonyl (C=O) groups excluding carboxylic acids is 3. The minimum atomic E-state index is -0.0470. The summed E-state index contributed by atoms with van der Waals surface area (Å²) in [6.45, 7) is 3.84. The minimum Gasteiger partial charge on any atom is -0.494 e. The summed E-state index contributed by atoms with van der Waals surface area (Å²) >= 11 is 0. The van der Waals surface area contributed by atoms with Crippen molar-refractivity contribution in [3.05, 3.63) is 59.7 Å². The van der Waals surface area contributed by atoms with Crippen LogP contribution in [-0.2, 0) is 16.0 Å². The van der Waals surface area contributed by atoms with E-state index in [-0.39, 0.29) is 29.2 Å². The molecule has 3 amide bonds. The van der Waals surface area contributed by atoms with E-state index in [1.165, 1.54) is 12.5 Å². The summed E-state index contributed by atoms with van der Waals surface area (Å²) in [5.74, 6) is 0.853. The normalized spacial score (nSPS) is 15.9. The number of hydrogen-bond acceptors (Lipinski definition) is 4. The van der Waals surface area contributed by atoms with Crippen LogP contribution in [-0.4, -0.2) is 60.4 Å². The zero-order valence-electron chi connectivity index (χ0n) is 19.6. The molecule has 4 rings (SSSR count). The predicted octanol–water partition coefficient (Wildman–Crippen LogP) is 2.35. The van der Waals surface area contributed by atoms with Gasteiger partial charge in [0, 0.05) is 50.3 Å². The molecule has 182 valence electrons. The lowest BCUT2D eigenvalue weighted by Gasteiger charge is -2.41. The van der Waals surface area contributed by atoms with Crippen molar-refractivity contribution in [2.45, 2.75) is 45.1 Å². The van der Waals surface area contributed by atoms with E-state index in [2.05, 4.69) is 11.4 Å². The molecule has 0 atom stereocenters. The Labute approximate surface area is 200 Å². The monoisotopic (exact) mass is 467 g/mol. The zero-order chi connectivity index (χ0) is 23.2. The van der Waals surface area contributed by atoms with Crippen molar-refractivity contribution >= 4 is 23.4 Å². The third-order valence-electron chi connectivity index (χ3n) is 6.31. The second-order valence-electron chi connectivity index (χ2n) is 8.63. The molecule has 2 aromatic carbocycles. The van der Waals surface area contributed by atoms with Gasteiger partial charge in [0.1, 0.15) is 5.75 Å². The van der Waals surface area contributed by atoms with Gasteiger partial charge >= 0.3 is 0 Å². The van der Waals surface area contributed by atoms with Gasteiger partial charge in [0.05, 0.1) is 6.61 Å². The third kappa shape index (κ3) is 5.94. The number of aryl methyl sites for hydroxylation is 1. The highest BCUT2D eigenvalue weighted by Gasteiger charge is 2.33. The van der Waals surface area contributed by atoms with Crippen LogP contribution in [0.2, 0.25) is 0 Å². The van der Waals surface area contributed by atoms with Crippen LogP contribution in [0.4, 0.5) is 5.69 Å². The highest BCUT2D eigenvalue weighted by Crippen LogP contribution is 2.32. The van der Waals surface area contributed by atoms with E-state index >= 15 is 0 Å². The third-order valence-corrected chi connectivity index (χ3v) is 6.31. The molecule has 0 spiro atoms. The van der Waals surface area contributed by atoms with E-state index in [1.54, 1.807) is 12.1 Å². The molecule has 2 aliphatic heterocycles. The Morgan fingerprint density at radius 3 is 2.44 bits per heavy atom. The molecule has 0 aromatic heterocycles. The SMILES string of the molecule is CC(=O)NCCCOc1ccc(C(=O)N2CCC(N3C(=O)CCc4ccccc43)CC2)cc1.O. The van der Waals surface area contributed by atoms with Crippen LogP contribution >= 0.6 is 0 Å². The number of piperidine rings is 1. The van der Waals surface area contributed by atoms with Crippen molar-refractivity contribution in [2.75, 3.05) is 31.1 Å². The maximum absolute atomic E-state index is 13.0. The van der Waals surface area contributed by atoms with Crippen LogP contribution < -0.4 is 15.0 Å². The maximum atomic E-state index is 13.0. The molecule has 8 nitrogen and oxygen atoms in total. The van der Waals surface area contributed by atoms with Crippen molar-refractivity contribution in [2.24, 2.45) is 0 Å². The van der Waals surface area contributed by atoms with Gasteiger partial charge in [-0.05, 0) is 61.6 Å². The first-order valence-corrected chi connectivity index (χ1v) is 11.7. The summed E-state index contributed by atoms with van der Waals surface area (Å²) in [5.41, 5.74) is 2.90. The zero-order valence-corrected chi connectivity index (χ0v) is 19.6. The van der Waals surface area contributed by atoms with E-state index in [9.17, 15) is 14.4 Å². The minimum absolute atomic E-state index is 0. The van der Waals surface area contributed by atoms with Crippen LogP contribution in [0.25, 0.3) is 0 Å². The van der Waals surface area contributed by atoms with Gasteiger partial charge in [-0.2, -0.15) is 0 Å². The van der Waals surface area contributed by atoms with Gasteiger partial charge in [0.25, 0.3) is 5.91 Å². The lowest BCUT2D eigenvalue weighted by Crippen LogP contribution is -2.50. The number of para-hydroxylation sites is 1. The molecule has 34 heavy (non-hydrogen) atoms. The van der Waals surface area contributed by atoms with Crippen LogP contribution in [0.3, 0.4) is 0 Å². The first kappa shape index (κ1) is 25.2. The molecule has 1 fully saturated rings. The Morgan fingerprint density at radius 1 is 1.03 bits per heavy atom. The van der Waals surface area contributed by atoms with Crippen LogP contribution in [0, 0.1) is 0 Å². The lowest BCUT2D eigenvalue weighted by atomic mass is 9.95. The van der Waals surface area contributed by atoms with Gasteiger partial charge < -0.3 is 25.3 Å². The molecule has 1 saturated heterocycles. The fraction of sp³-hybridized carbons (Fsp3) is 0.423. The van der Waals surface area contributed by atoms with E-state index in [0.29, 0.717) is 44.0 Å². The Hall–Kier alpha value is -3.39. The summed E-state index contributed by atoms with van der Waals surface area (Å²) in [7, 11) is 0. The molecule has 2 aliphatic rings. The topological polar surface area (TPSA) is 110 Å². The highest BCUT2D eigenvalue weighted by atomic mass is 16.5. The molecule has 0 bridgehead atoms. The average molecular weight is 468 g/mol. The quantitative estimate of drug-likeness (QED) is 0.630. The smallest absolute Gasteiger partial charge is 0.253 e. The van der Waals surface area contributed by atoms with Crippen LogP contribution in [0.5, 0.6) is 5.75 Å². The van der Waals surface area contributed by atoms with E-state index in [0.717, 1.165) is 31.4 Å². The van der Waals surface area contributed by atoms with Gasteiger partial charge in [-0.3, -0.25) is 14.4 Å². The number of rotatable bonds is 7. The van der Waals surface area contributed by atoms with Gasteiger partial charge in [0.2, 0.25) is 11.8 Å². The number of ether oxygens (including phenoxy) is 1. The van der Waals surface area contributed by atoms with E-state index < -0.39 is 0 Å². The average Bonchev–Trinajstić information content (AvgIpc) is 2.84. The Kier molecular flexibility index (Phi) is 8.65. The number of anilines is 1. The van der Waals surface area contributed by atoms with Gasteiger partial charge in [0.15, 0.2) is 0 Å². The van der Waals surface area contributed by atoms with Crippen molar-refractivity contribution in [3.63, 3.8) is 0 Å². The van der Waals surface area contributed by atoms with E-state index in [4.69, 9.17) is 4.74 Å². The number of hydrogen-bond donors (Lipinski definition) is 1. The first-order chi connectivity index (χ1) is 16.0. The molecular formula is C26H33N3O5. The summed E-state index contributed by atoms with van der Waals surface area (Å²) in [5, 5.41) is 2.73. The molecule has 0 aliphatic carbocycles. The number of nitrogens with zero attached hydrogens (tertiary/aromatic N) is 2. The van der Waals surface area contributed by atoms with Crippen molar-refractivity contribution in [1.82, 2.24) is 10.2 Å². The Bertz CT molecular complexity index is 1000. The second kappa shape index (κ2) is 11.7. The van der Waals surface area contributed by atoms with Gasteiger partial charge in [-0.25, -0.2) is 0 Å². The summed E-state index contributed by atoms with van der Waals surface area (Å²) in [6, 6.07) is 15.5. The number of likely N-dealkylation sites (tertiary alicyclic amines) is 1. The van der Waals surface area contributed by atoms with Gasteiger partial charge in [-0.1, -0.05) is 18.2 Å². The molecule has 3 N–H and O–H groups in total. The standard InChI is InChI=1S/C26H31N3O4.H2O/c1-19(30)27-15-4-18-33-23-10-7-21(8-11-23)26(32)28-16-13-22(14-17-28)29-24-6-3-2-5-20(24)9-12-25(29)31;/h2-3,5-8,10-11,22H,4,9,12-18H2,1H3,(H,27,30);1H2. The lowest BCUT2D eigenvalue weighted by molar-refractivity contribution is -0.120. The second-order valence-corrected chi connectivity index (χ2v) is 8.63. The summed E-state index contributed by atoms with van der Waals surface area (Å²) in [4.78, 5) is 40.4. The molecule has 0 unspecified atom stereocenters. The largest absolute Gasteiger partial charge is 0.494 e. The van der Waals surface area contributed by atoms with Gasteiger partial charge in [-0.15, -0.1) is 0 Å². The van der Waals surface area contributed by atoms with Crippen LogP contribution in [0.1, 0.15) is 48.5 Å². The number of benzene rings is 2. The maximum Gasteiger partial charge on any atom is 0.253 e. The molecule has 2 aromatic rings. The fourth-order valence-corrected chi connectivity index (χ4v) is 4.58. The molecular weight excluding hydrogens is 434 g/mol. The Balaban J connectivity index is 0.00000324. The van der Waals surface area contributed by atoms with Crippen molar-refractivity contribution in [1.29, 1.82) is 0 Å².